The van der Waals surface area contributed by atoms with E-state index in [0.717, 1.165) is 12.0 Å². The molecule has 0 aliphatic heterocycles. The van der Waals surface area contributed by atoms with Gasteiger partial charge in [0, 0.05) is 24.0 Å². The Morgan fingerprint density at radius 3 is 2.33 bits per heavy atom. The van der Waals surface area contributed by atoms with Crippen LogP contribution in [0.2, 0.25) is 10.0 Å². The molecule has 3 aromatic rings. The van der Waals surface area contributed by atoms with Gasteiger partial charge in [-0.2, -0.15) is 0 Å². The number of hydrogen-bond donors (Lipinski definition) is 1. The molecule has 5 nitrogen and oxygen atoms in total. The number of benzene rings is 3. The Morgan fingerprint density at radius 1 is 1.00 bits per heavy atom. The zero-order valence-corrected chi connectivity index (χ0v) is 21.7. The predicted molar refractivity (Wildman–Crippen MR) is 141 cm³/mol. The summed E-state index contributed by atoms with van der Waals surface area (Å²) < 4.78 is 19.2. The number of amides is 2. The fraction of sp³-hybridized carbons (Fsp3) is 0.286. The summed E-state index contributed by atoms with van der Waals surface area (Å²) in [6.45, 7) is 3.64. The van der Waals surface area contributed by atoms with Gasteiger partial charge in [0.2, 0.25) is 5.91 Å². The van der Waals surface area contributed by atoms with E-state index < -0.39 is 11.9 Å². The average molecular weight is 531 g/mol. The largest absolute Gasteiger partial charge is 0.482 e. The molecule has 2 atom stereocenters. The van der Waals surface area contributed by atoms with Crippen LogP contribution < -0.4 is 10.1 Å². The predicted octanol–water partition coefficient (Wildman–Crippen LogP) is 6.07. The zero-order chi connectivity index (χ0) is 26.1. The van der Waals surface area contributed by atoms with E-state index in [9.17, 15) is 14.0 Å². The first-order valence-corrected chi connectivity index (χ1v) is 12.5. The Hall–Kier alpha value is -3.09. The lowest BCUT2D eigenvalue weighted by Gasteiger charge is -2.32. The van der Waals surface area contributed by atoms with E-state index in [2.05, 4.69) is 5.32 Å². The molecule has 0 fully saturated rings. The summed E-state index contributed by atoms with van der Waals surface area (Å²) in [5, 5.41) is 3.72. The molecule has 190 valence electrons. The average Bonchev–Trinajstić information content (AvgIpc) is 2.87. The van der Waals surface area contributed by atoms with E-state index in [1.165, 1.54) is 23.1 Å². The van der Waals surface area contributed by atoms with E-state index in [1.54, 1.807) is 24.3 Å². The number of nitrogens with zero attached hydrogens (tertiary/aromatic N) is 1. The lowest BCUT2D eigenvalue weighted by Crippen LogP contribution is -2.53. The van der Waals surface area contributed by atoms with Crippen molar-refractivity contribution in [1.29, 1.82) is 0 Å². The van der Waals surface area contributed by atoms with Crippen molar-refractivity contribution in [3.8, 4) is 5.75 Å². The maximum absolute atomic E-state index is 13.5. The molecule has 1 N–H and O–H groups in total. The van der Waals surface area contributed by atoms with Crippen molar-refractivity contribution >= 4 is 35.0 Å². The number of hydrogen-bond acceptors (Lipinski definition) is 3. The smallest absolute Gasteiger partial charge is 0.261 e. The van der Waals surface area contributed by atoms with Crippen LogP contribution in [-0.2, 0) is 22.6 Å². The minimum absolute atomic E-state index is 0.0670. The second-order valence-electron chi connectivity index (χ2n) is 8.53. The van der Waals surface area contributed by atoms with Crippen LogP contribution in [0.5, 0.6) is 5.75 Å². The van der Waals surface area contributed by atoms with Crippen LogP contribution in [0.3, 0.4) is 0 Å². The van der Waals surface area contributed by atoms with Crippen LogP contribution in [0.4, 0.5) is 4.39 Å². The Morgan fingerprint density at radius 2 is 1.69 bits per heavy atom. The fourth-order valence-electron chi connectivity index (χ4n) is 3.60. The fourth-order valence-corrected chi connectivity index (χ4v) is 4.06. The summed E-state index contributed by atoms with van der Waals surface area (Å²) in [5.41, 5.74) is 1.59. The molecule has 0 bridgehead atoms. The summed E-state index contributed by atoms with van der Waals surface area (Å²) in [6, 6.07) is 19.2. The first kappa shape index (κ1) is 27.5. The van der Waals surface area contributed by atoms with Crippen molar-refractivity contribution in [3.05, 3.63) is 99.8 Å². The highest BCUT2D eigenvalue weighted by Crippen LogP contribution is 2.27. The number of nitrogens with one attached hydrogen (secondary N) is 1. The molecule has 0 spiro atoms. The minimum atomic E-state index is -0.816. The molecule has 0 radical (unpaired) electrons. The molecule has 0 saturated carbocycles. The van der Waals surface area contributed by atoms with Gasteiger partial charge in [0.15, 0.2) is 6.61 Å². The van der Waals surface area contributed by atoms with E-state index >= 15 is 0 Å². The lowest BCUT2D eigenvalue weighted by atomic mass is 10.0. The molecule has 0 unspecified atom stereocenters. The van der Waals surface area contributed by atoms with Crippen molar-refractivity contribution in [3.63, 3.8) is 0 Å². The molecular weight excluding hydrogens is 502 g/mol. The van der Waals surface area contributed by atoms with E-state index in [4.69, 9.17) is 27.9 Å². The number of ether oxygens (including phenoxy) is 1. The Bertz CT molecular complexity index is 1160. The normalized spacial score (nSPS) is 12.5. The molecule has 2 amide bonds. The summed E-state index contributed by atoms with van der Waals surface area (Å²) in [5.74, 6) is -0.758. The van der Waals surface area contributed by atoms with Crippen LogP contribution >= 0.6 is 23.2 Å². The second-order valence-corrected chi connectivity index (χ2v) is 9.38. The number of carbonyl (C=O) groups is 2. The maximum Gasteiger partial charge on any atom is 0.261 e. The van der Waals surface area contributed by atoms with E-state index in [-0.39, 0.29) is 35.9 Å². The molecule has 36 heavy (non-hydrogen) atoms. The topological polar surface area (TPSA) is 58.6 Å². The van der Waals surface area contributed by atoms with Gasteiger partial charge in [-0.15, -0.1) is 0 Å². The van der Waals surface area contributed by atoms with Gasteiger partial charge in [-0.3, -0.25) is 9.59 Å². The second kappa shape index (κ2) is 13.3. The molecular formula is C28H29Cl2FN2O3. The van der Waals surface area contributed by atoms with Gasteiger partial charge >= 0.3 is 0 Å². The van der Waals surface area contributed by atoms with Gasteiger partial charge in [0.05, 0.1) is 5.02 Å². The SMILES string of the molecule is CC[C@H](C)NC(=O)[C@H](Cc1ccccc1)N(Cc1ccc(F)cc1)C(=O)COc1ccc(Cl)cc1Cl. The van der Waals surface area contributed by atoms with Crippen LogP contribution in [0.15, 0.2) is 72.8 Å². The van der Waals surface area contributed by atoms with Crippen molar-refractivity contribution < 1.29 is 18.7 Å². The first-order chi connectivity index (χ1) is 17.3. The van der Waals surface area contributed by atoms with E-state index in [1.807, 2.05) is 44.2 Å². The molecule has 8 heteroatoms. The Balaban J connectivity index is 1.91. The molecule has 0 aliphatic carbocycles. The van der Waals surface area contributed by atoms with Crippen molar-refractivity contribution in [1.82, 2.24) is 10.2 Å². The highest BCUT2D eigenvalue weighted by Gasteiger charge is 2.31. The summed E-state index contributed by atoms with van der Waals surface area (Å²) in [4.78, 5) is 28.4. The molecule has 3 aromatic carbocycles. The first-order valence-electron chi connectivity index (χ1n) is 11.7. The van der Waals surface area contributed by atoms with Gasteiger partial charge in [-0.05, 0) is 54.8 Å². The standard InChI is InChI=1S/C28H29Cl2FN2O3/c1-3-19(2)32-28(35)25(15-20-7-5-4-6-8-20)33(17-21-9-12-23(31)13-10-21)27(34)18-36-26-14-11-22(29)16-24(26)30/h4-14,16,19,25H,3,15,17-18H2,1-2H3,(H,32,35)/t19-,25-/m0/s1. The summed E-state index contributed by atoms with van der Waals surface area (Å²) in [6.07, 6.45) is 1.05. The Kier molecular flexibility index (Phi) is 10.1. The van der Waals surface area contributed by atoms with Crippen LogP contribution in [0, 0.1) is 5.82 Å². The van der Waals surface area contributed by atoms with E-state index in [0.29, 0.717) is 22.8 Å². The summed E-state index contributed by atoms with van der Waals surface area (Å²) in [7, 11) is 0. The molecule has 3 rings (SSSR count). The van der Waals surface area contributed by atoms with Crippen LogP contribution in [-0.4, -0.2) is 35.4 Å². The molecule has 0 saturated heterocycles. The zero-order valence-electron chi connectivity index (χ0n) is 20.2. The minimum Gasteiger partial charge on any atom is -0.482 e. The van der Waals surface area contributed by atoms with Crippen molar-refractivity contribution in [2.24, 2.45) is 0 Å². The number of halogens is 3. The van der Waals surface area contributed by atoms with Crippen molar-refractivity contribution in [2.75, 3.05) is 6.61 Å². The van der Waals surface area contributed by atoms with Gasteiger partial charge in [0.1, 0.15) is 17.6 Å². The summed E-state index contributed by atoms with van der Waals surface area (Å²) >= 11 is 12.1. The molecule has 0 heterocycles. The Labute approximate surface area is 221 Å². The third-order valence-electron chi connectivity index (χ3n) is 5.78. The number of rotatable bonds is 11. The molecule has 0 aliphatic rings. The van der Waals surface area contributed by atoms with Crippen LogP contribution in [0.1, 0.15) is 31.4 Å². The lowest BCUT2D eigenvalue weighted by molar-refractivity contribution is -0.143. The molecule has 0 aromatic heterocycles. The van der Waals surface area contributed by atoms with Gasteiger partial charge < -0.3 is 15.0 Å². The third kappa shape index (κ3) is 7.97. The highest BCUT2D eigenvalue weighted by atomic mass is 35.5. The maximum atomic E-state index is 13.5. The van der Waals surface area contributed by atoms with Gasteiger partial charge in [-0.25, -0.2) is 4.39 Å². The third-order valence-corrected chi connectivity index (χ3v) is 6.31. The van der Waals surface area contributed by atoms with Crippen LogP contribution in [0.25, 0.3) is 0 Å². The number of carbonyl (C=O) groups excluding carboxylic acids is 2. The van der Waals surface area contributed by atoms with Gasteiger partial charge in [-0.1, -0.05) is 72.6 Å². The highest BCUT2D eigenvalue weighted by molar-refractivity contribution is 6.35. The van der Waals surface area contributed by atoms with Gasteiger partial charge in [0.25, 0.3) is 5.91 Å². The van der Waals surface area contributed by atoms with Crippen molar-refractivity contribution in [2.45, 2.75) is 45.3 Å². The quantitative estimate of drug-likeness (QED) is 0.327. The monoisotopic (exact) mass is 530 g/mol.